The van der Waals surface area contributed by atoms with Gasteiger partial charge in [0.1, 0.15) is 5.78 Å². The SMILES string of the molecule is O=C1CC2(CCC(c3ccccc3)CC2)C1.c1ccc(C2CCC3(CCC3)CC2)cc1. The summed E-state index contributed by atoms with van der Waals surface area (Å²) in [5.41, 5.74) is 4.31. The van der Waals surface area contributed by atoms with E-state index >= 15 is 0 Å². The van der Waals surface area contributed by atoms with Gasteiger partial charge in [0.15, 0.2) is 0 Å². The topological polar surface area (TPSA) is 17.1 Å². The summed E-state index contributed by atoms with van der Waals surface area (Å²) in [5.74, 6) is 2.08. The first kappa shape index (κ1) is 21.0. The van der Waals surface area contributed by atoms with Crippen LogP contribution >= 0.6 is 0 Å². The zero-order chi connectivity index (χ0) is 21.2. The molecule has 0 radical (unpaired) electrons. The second kappa shape index (κ2) is 8.93. The molecule has 0 unspecified atom stereocenters. The maximum Gasteiger partial charge on any atom is 0.134 e. The zero-order valence-corrected chi connectivity index (χ0v) is 19.0. The molecule has 2 aromatic rings. The van der Waals surface area contributed by atoms with Crippen LogP contribution < -0.4 is 0 Å². The molecular weight excluding hydrogens is 376 g/mol. The molecule has 0 amide bonds. The normalized spacial score (nSPS) is 26.5. The van der Waals surface area contributed by atoms with Crippen LogP contribution in [-0.4, -0.2) is 5.78 Å². The van der Waals surface area contributed by atoms with Gasteiger partial charge in [-0.25, -0.2) is 0 Å². The molecule has 6 rings (SSSR count). The minimum Gasteiger partial charge on any atom is -0.300 e. The monoisotopic (exact) mass is 414 g/mol. The highest BCUT2D eigenvalue weighted by Crippen LogP contribution is 2.54. The minimum atomic E-state index is 0.433. The van der Waals surface area contributed by atoms with E-state index in [0.29, 0.717) is 11.2 Å². The van der Waals surface area contributed by atoms with Gasteiger partial charge < -0.3 is 0 Å². The Morgan fingerprint density at radius 1 is 0.548 bits per heavy atom. The summed E-state index contributed by atoms with van der Waals surface area (Å²) in [6, 6.07) is 21.9. The van der Waals surface area contributed by atoms with E-state index in [4.69, 9.17) is 0 Å². The second-order valence-corrected chi connectivity index (χ2v) is 11.1. The van der Waals surface area contributed by atoms with E-state index in [2.05, 4.69) is 60.7 Å². The van der Waals surface area contributed by atoms with Crippen LogP contribution in [0.4, 0.5) is 0 Å². The molecule has 0 saturated heterocycles. The lowest BCUT2D eigenvalue weighted by Gasteiger charge is -2.47. The lowest BCUT2D eigenvalue weighted by molar-refractivity contribution is -0.134. The number of benzene rings is 2. The van der Waals surface area contributed by atoms with Crippen LogP contribution in [0.15, 0.2) is 60.7 Å². The molecule has 0 bridgehead atoms. The maximum atomic E-state index is 11.1. The number of ketones is 1. The fourth-order valence-corrected chi connectivity index (χ4v) is 6.89. The molecule has 0 aliphatic heterocycles. The number of Topliss-reactive ketones (excluding diaryl/α,β-unsaturated/α-hetero) is 1. The van der Waals surface area contributed by atoms with Gasteiger partial charge in [-0.15, -0.1) is 0 Å². The molecule has 4 aliphatic carbocycles. The number of hydrogen-bond donors (Lipinski definition) is 0. The summed E-state index contributed by atoms with van der Waals surface area (Å²) < 4.78 is 0. The van der Waals surface area contributed by atoms with Gasteiger partial charge in [0.25, 0.3) is 0 Å². The van der Waals surface area contributed by atoms with Crippen molar-refractivity contribution in [1.82, 2.24) is 0 Å². The van der Waals surface area contributed by atoms with Gasteiger partial charge in [-0.3, -0.25) is 4.79 Å². The Morgan fingerprint density at radius 3 is 1.32 bits per heavy atom. The molecule has 31 heavy (non-hydrogen) atoms. The van der Waals surface area contributed by atoms with E-state index in [1.807, 2.05) is 0 Å². The lowest BCUT2D eigenvalue weighted by atomic mass is 9.58. The summed E-state index contributed by atoms with van der Waals surface area (Å²) in [4.78, 5) is 11.1. The van der Waals surface area contributed by atoms with Crippen LogP contribution in [0.5, 0.6) is 0 Å². The fourth-order valence-electron chi connectivity index (χ4n) is 6.89. The third kappa shape index (κ3) is 4.66. The Hall–Kier alpha value is -1.89. The van der Waals surface area contributed by atoms with Gasteiger partial charge in [-0.1, -0.05) is 67.1 Å². The lowest BCUT2D eigenvalue weighted by Crippen LogP contribution is -2.40. The van der Waals surface area contributed by atoms with Crippen LogP contribution in [0.1, 0.15) is 106 Å². The van der Waals surface area contributed by atoms with Crippen molar-refractivity contribution in [3.8, 4) is 0 Å². The predicted octanol–water partition coefficient (Wildman–Crippen LogP) is 8.21. The summed E-state index contributed by atoms with van der Waals surface area (Å²) >= 11 is 0. The molecule has 1 heteroatoms. The molecule has 0 atom stereocenters. The predicted molar refractivity (Wildman–Crippen MR) is 128 cm³/mol. The van der Waals surface area contributed by atoms with Crippen LogP contribution in [-0.2, 0) is 4.79 Å². The Balaban J connectivity index is 0.000000132. The smallest absolute Gasteiger partial charge is 0.134 e. The van der Waals surface area contributed by atoms with Gasteiger partial charge in [-0.2, -0.15) is 0 Å². The largest absolute Gasteiger partial charge is 0.300 e. The molecule has 164 valence electrons. The van der Waals surface area contributed by atoms with Crippen molar-refractivity contribution in [2.75, 3.05) is 0 Å². The standard InChI is InChI=1S/C15H18O.C15H20/c16-14-10-15(11-14)8-6-13(7-9-15)12-4-2-1-3-5-12;1-2-5-13(6-3-1)14-7-11-15(12-8-14)9-4-10-15/h1-5,13H,6-11H2;1-3,5-6,14H,4,7-12H2. The number of carbonyl (C=O) groups excluding carboxylic acids is 1. The first-order valence-electron chi connectivity index (χ1n) is 12.8. The number of rotatable bonds is 2. The second-order valence-electron chi connectivity index (χ2n) is 11.1. The van der Waals surface area contributed by atoms with Crippen LogP contribution in [0, 0.1) is 10.8 Å². The molecule has 0 aromatic heterocycles. The summed E-state index contributed by atoms with van der Waals surface area (Å²) in [6.45, 7) is 0. The molecule has 1 nitrogen and oxygen atoms in total. The van der Waals surface area contributed by atoms with Crippen molar-refractivity contribution < 1.29 is 4.79 Å². The quantitative estimate of drug-likeness (QED) is 0.484. The molecule has 2 aromatic carbocycles. The van der Waals surface area contributed by atoms with Crippen molar-refractivity contribution >= 4 is 5.78 Å². The number of carbonyl (C=O) groups is 1. The fraction of sp³-hybridized carbons (Fsp3) is 0.567. The van der Waals surface area contributed by atoms with Gasteiger partial charge in [0.05, 0.1) is 0 Å². The molecule has 2 spiro atoms. The van der Waals surface area contributed by atoms with Crippen LogP contribution in [0.3, 0.4) is 0 Å². The average Bonchev–Trinajstić information content (AvgIpc) is 2.79. The third-order valence-corrected chi connectivity index (χ3v) is 9.19. The van der Waals surface area contributed by atoms with Crippen molar-refractivity contribution in [2.45, 2.75) is 95.3 Å². The van der Waals surface area contributed by atoms with Crippen LogP contribution in [0.2, 0.25) is 0 Å². The first-order chi connectivity index (χ1) is 15.2. The summed E-state index contributed by atoms with van der Waals surface area (Å²) in [5, 5.41) is 0. The van der Waals surface area contributed by atoms with E-state index in [9.17, 15) is 4.79 Å². The molecule has 4 saturated carbocycles. The Morgan fingerprint density at radius 2 is 0.968 bits per heavy atom. The van der Waals surface area contributed by atoms with Crippen molar-refractivity contribution in [3.05, 3.63) is 71.8 Å². The summed E-state index contributed by atoms with van der Waals surface area (Å²) in [7, 11) is 0. The van der Waals surface area contributed by atoms with Crippen molar-refractivity contribution in [3.63, 3.8) is 0 Å². The number of hydrogen-bond acceptors (Lipinski definition) is 1. The highest BCUT2D eigenvalue weighted by atomic mass is 16.1. The van der Waals surface area contributed by atoms with Gasteiger partial charge in [-0.05, 0) is 98.0 Å². The van der Waals surface area contributed by atoms with E-state index in [0.717, 1.165) is 30.1 Å². The van der Waals surface area contributed by atoms with E-state index in [1.54, 1.807) is 5.56 Å². The molecule has 4 fully saturated rings. The van der Waals surface area contributed by atoms with Gasteiger partial charge in [0.2, 0.25) is 0 Å². The molecular formula is C30H38O. The van der Waals surface area contributed by atoms with E-state index < -0.39 is 0 Å². The molecule has 0 N–H and O–H groups in total. The first-order valence-corrected chi connectivity index (χ1v) is 12.8. The van der Waals surface area contributed by atoms with E-state index in [-0.39, 0.29) is 0 Å². The van der Waals surface area contributed by atoms with E-state index in [1.165, 1.54) is 76.2 Å². The zero-order valence-electron chi connectivity index (χ0n) is 19.0. The van der Waals surface area contributed by atoms with Crippen LogP contribution in [0.25, 0.3) is 0 Å². The average molecular weight is 415 g/mol. The highest BCUT2D eigenvalue weighted by molar-refractivity contribution is 5.86. The molecule has 0 heterocycles. The third-order valence-electron chi connectivity index (χ3n) is 9.19. The Bertz CT molecular complexity index is 836. The maximum absolute atomic E-state index is 11.1. The van der Waals surface area contributed by atoms with Crippen molar-refractivity contribution in [2.24, 2.45) is 10.8 Å². The Kier molecular flexibility index (Phi) is 6.04. The minimum absolute atomic E-state index is 0.433. The van der Waals surface area contributed by atoms with Gasteiger partial charge >= 0.3 is 0 Å². The van der Waals surface area contributed by atoms with Gasteiger partial charge in [0, 0.05) is 12.8 Å². The molecule has 4 aliphatic rings. The summed E-state index contributed by atoms with van der Waals surface area (Å²) in [6.07, 6.45) is 17.2. The van der Waals surface area contributed by atoms with Crippen molar-refractivity contribution in [1.29, 1.82) is 0 Å². The Labute approximate surface area is 188 Å². The highest BCUT2D eigenvalue weighted by Gasteiger charge is 2.45.